The zero-order valence-electron chi connectivity index (χ0n) is 14.9. The first-order chi connectivity index (χ1) is 11.9. The van der Waals surface area contributed by atoms with Gasteiger partial charge >= 0.3 is 0 Å². The third-order valence-corrected chi connectivity index (χ3v) is 5.22. The van der Waals surface area contributed by atoms with Crippen LogP contribution < -0.4 is 4.72 Å². The Labute approximate surface area is 152 Å². The average molecular weight is 362 g/mol. The van der Waals surface area contributed by atoms with Gasteiger partial charge in [-0.2, -0.15) is 0 Å². The fraction of sp³-hybridized carbons (Fsp3) is 0.421. The number of aliphatic hydroxyl groups is 1. The van der Waals surface area contributed by atoms with Gasteiger partial charge in [0.25, 0.3) is 0 Å². The first-order valence-corrected chi connectivity index (χ1v) is 9.41. The van der Waals surface area contributed by atoms with E-state index >= 15 is 0 Å². The van der Waals surface area contributed by atoms with E-state index in [1.54, 1.807) is 18.3 Å². The molecule has 2 rings (SSSR count). The van der Waals surface area contributed by atoms with Gasteiger partial charge in [-0.05, 0) is 38.5 Å². The Morgan fingerprint density at radius 2 is 1.84 bits per heavy atom. The molecule has 0 bridgehead atoms. The summed E-state index contributed by atoms with van der Waals surface area (Å²) in [7, 11) is 0. The quantitative estimate of drug-likeness (QED) is 0.706. The van der Waals surface area contributed by atoms with Gasteiger partial charge in [0.15, 0.2) is 0 Å². The number of nitrogens with one attached hydrogen (secondary N) is 1. The second-order valence-electron chi connectivity index (χ2n) is 6.81. The molecule has 1 aromatic carbocycles. The van der Waals surface area contributed by atoms with E-state index in [0.29, 0.717) is 12.3 Å². The van der Waals surface area contributed by atoms with Gasteiger partial charge in [-0.1, -0.05) is 36.4 Å². The number of nitrogens with zero attached hydrogens (tertiary/aromatic N) is 1. The topological polar surface area (TPSA) is 77.4 Å². The summed E-state index contributed by atoms with van der Waals surface area (Å²) in [5, 5.41) is 10.7. The van der Waals surface area contributed by atoms with Gasteiger partial charge in [0, 0.05) is 17.6 Å². The molecule has 136 valence electrons. The highest BCUT2D eigenvalue weighted by Gasteiger charge is 2.33. The van der Waals surface area contributed by atoms with Crippen LogP contribution in [0.2, 0.25) is 0 Å². The van der Waals surface area contributed by atoms with E-state index in [9.17, 15) is 9.66 Å². The van der Waals surface area contributed by atoms with Gasteiger partial charge in [0.2, 0.25) is 0 Å². The van der Waals surface area contributed by atoms with E-state index in [4.69, 9.17) is 4.74 Å². The molecule has 5 nitrogen and oxygen atoms in total. The van der Waals surface area contributed by atoms with Crippen molar-refractivity contribution in [2.75, 3.05) is 6.61 Å². The van der Waals surface area contributed by atoms with Crippen LogP contribution in [-0.4, -0.2) is 32.0 Å². The number of pyridine rings is 1. The lowest BCUT2D eigenvalue weighted by Gasteiger charge is -2.30. The van der Waals surface area contributed by atoms with E-state index in [2.05, 4.69) is 9.71 Å². The van der Waals surface area contributed by atoms with Crippen molar-refractivity contribution >= 4 is 11.4 Å². The van der Waals surface area contributed by atoms with Crippen molar-refractivity contribution in [2.24, 2.45) is 0 Å². The summed E-state index contributed by atoms with van der Waals surface area (Å²) >= 11 is -1.33. The van der Waals surface area contributed by atoms with E-state index in [0.717, 1.165) is 5.56 Å². The van der Waals surface area contributed by atoms with Crippen LogP contribution in [0.25, 0.3) is 0 Å². The van der Waals surface area contributed by atoms with E-state index in [1.807, 2.05) is 57.2 Å². The van der Waals surface area contributed by atoms with Crippen molar-refractivity contribution in [3.8, 4) is 0 Å². The second-order valence-corrected chi connectivity index (χ2v) is 8.80. The van der Waals surface area contributed by atoms with Crippen LogP contribution in [0.5, 0.6) is 0 Å². The maximum atomic E-state index is 12.5. The Balaban J connectivity index is 2.03. The minimum atomic E-state index is -1.33. The summed E-state index contributed by atoms with van der Waals surface area (Å²) in [4.78, 5) is 4.19. The predicted molar refractivity (Wildman–Crippen MR) is 100 cm³/mol. The maximum Gasteiger partial charge on any atom is 0.136 e. The number of aromatic nitrogens is 1. The molecular weight excluding hydrogens is 336 g/mol. The highest BCUT2D eigenvalue weighted by atomic mass is 32.2. The van der Waals surface area contributed by atoms with Crippen molar-refractivity contribution in [1.82, 2.24) is 9.71 Å². The molecule has 0 unspecified atom stereocenters. The molecule has 0 aliphatic carbocycles. The monoisotopic (exact) mass is 362 g/mol. The normalized spacial score (nSPS) is 15.6. The second kappa shape index (κ2) is 9.31. The molecular formula is C19H26N2O3S. The maximum absolute atomic E-state index is 12.5. The fourth-order valence-corrected chi connectivity index (χ4v) is 2.96. The Morgan fingerprint density at radius 3 is 2.44 bits per heavy atom. The van der Waals surface area contributed by atoms with Crippen LogP contribution in [0.1, 0.15) is 38.1 Å². The fourth-order valence-electron chi connectivity index (χ4n) is 2.14. The number of benzene rings is 1. The first kappa shape index (κ1) is 19.9. The van der Waals surface area contributed by atoms with Crippen molar-refractivity contribution in [3.05, 3.63) is 66.0 Å². The molecule has 0 aliphatic rings. The van der Waals surface area contributed by atoms with E-state index < -0.39 is 28.3 Å². The lowest BCUT2D eigenvalue weighted by molar-refractivity contribution is 0.0467. The predicted octanol–water partition coefficient (Wildman–Crippen LogP) is 2.75. The zero-order valence-corrected chi connectivity index (χ0v) is 15.7. The van der Waals surface area contributed by atoms with Gasteiger partial charge in [0.05, 0.1) is 18.9 Å². The molecule has 1 heterocycles. The van der Waals surface area contributed by atoms with Crippen molar-refractivity contribution in [2.45, 2.75) is 44.3 Å². The molecule has 6 heteroatoms. The Hall–Kier alpha value is -1.44. The van der Waals surface area contributed by atoms with Crippen molar-refractivity contribution in [3.63, 3.8) is 0 Å². The summed E-state index contributed by atoms with van der Waals surface area (Å²) in [6.45, 7) is 6.28. The van der Waals surface area contributed by atoms with Crippen LogP contribution in [0, 0.1) is 0 Å². The summed E-state index contributed by atoms with van der Waals surface area (Å²) in [5.74, 6) is 0. The molecule has 2 N–H and O–H groups in total. The highest BCUT2D eigenvalue weighted by Crippen LogP contribution is 2.20. The van der Waals surface area contributed by atoms with Crippen LogP contribution in [0.3, 0.4) is 0 Å². The molecule has 0 aliphatic heterocycles. The minimum Gasteiger partial charge on any atom is -0.598 e. The van der Waals surface area contributed by atoms with Crippen LogP contribution in [0.15, 0.2) is 54.7 Å². The summed E-state index contributed by atoms with van der Waals surface area (Å²) in [6.07, 6.45) is 0.713. The Bertz CT molecular complexity index is 620. The third kappa shape index (κ3) is 6.41. The number of hydrogen-bond donors (Lipinski definition) is 2. The molecule has 3 atom stereocenters. The molecule has 0 spiro atoms. The van der Waals surface area contributed by atoms with Gasteiger partial charge in [-0.3, -0.25) is 4.98 Å². The highest BCUT2D eigenvalue weighted by molar-refractivity contribution is 7.90. The lowest BCUT2D eigenvalue weighted by Crippen LogP contribution is -2.49. The van der Waals surface area contributed by atoms with Crippen LogP contribution in [0.4, 0.5) is 0 Å². The number of rotatable bonds is 8. The first-order valence-electron chi connectivity index (χ1n) is 8.26. The summed E-state index contributed by atoms with van der Waals surface area (Å²) < 4.78 is 20.8. The molecule has 2 aromatic rings. The van der Waals surface area contributed by atoms with Gasteiger partial charge in [-0.25, -0.2) is 0 Å². The van der Waals surface area contributed by atoms with Gasteiger partial charge < -0.3 is 14.4 Å². The van der Waals surface area contributed by atoms with Crippen LogP contribution >= 0.6 is 0 Å². The van der Waals surface area contributed by atoms with E-state index in [1.165, 1.54) is 0 Å². The average Bonchev–Trinajstić information content (AvgIpc) is 2.61. The number of ether oxygens (including phenoxy) is 1. The van der Waals surface area contributed by atoms with E-state index in [-0.39, 0.29) is 6.61 Å². The van der Waals surface area contributed by atoms with Crippen molar-refractivity contribution < 1.29 is 14.4 Å². The summed E-state index contributed by atoms with van der Waals surface area (Å²) in [5.41, 5.74) is 1.57. The van der Waals surface area contributed by atoms with Gasteiger partial charge in [-0.15, -0.1) is 4.72 Å². The largest absolute Gasteiger partial charge is 0.598 e. The smallest absolute Gasteiger partial charge is 0.136 e. The number of aliphatic hydroxyl groups excluding tert-OH is 1. The molecule has 1 aromatic heterocycles. The van der Waals surface area contributed by atoms with Crippen molar-refractivity contribution in [1.29, 1.82) is 0 Å². The summed E-state index contributed by atoms with van der Waals surface area (Å²) in [6, 6.07) is 14.6. The molecule has 0 amide bonds. The molecule has 0 saturated carbocycles. The molecule has 25 heavy (non-hydrogen) atoms. The number of hydrogen-bond acceptors (Lipinski definition) is 5. The van der Waals surface area contributed by atoms with Crippen LogP contribution in [-0.2, 0) is 22.7 Å². The molecule has 0 radical (unpaired) electrons. The lowest BCUT2D eigenvalue weighted by atomic mass is 10.1. The third-order valence-electron chi connectivity index (χ3n) is 3.60. The Morgan fingerprint density at radius 1 is 1.16 bits per heavy atom. The zero-order chi connectivity index (χ0) is 18.3. The van der Waals surface area contributed by atoms with Gasteiger partial charge in [0.1, 0.15) is 16.9 Å². The standard InChI is InChI=1S/C19H26N2O3S/c1-19(2,3)25(23)21-17(18(22)16-11-7-8-12-20-16)14-24-13-15-9-5-4-6-10-15/h4-12,17-18,21-22H,13-14H2,1-3H3/t17-,18-,25+/m0/s1. The molecule has 0 saturated heterocycles. The SMILES string of the molecule is CC(C)(C)[S@@+]([O-])N[C@@H](COCc1ccccc1)[C@@H](O)c1ccccn1. The minimum absolute atomic E-state index is 0.217. The molecule has 0 fully saturated rings. The Kier molecular flexibility index (Phi) is 7.40.